The van der Waals surface area contributed by atoms with Gasteiger partial charge in [0, 0.05) is 44.7 Å². The Morgan fingerprint density at radius 3 is 1.92 bits per heavy atom. The summed E-state index contributed by atoms with van der Waals surface area (Å²) in [5, 5.41) is 7.27. The van der Waals surface area contributed by atoms with Crippen molar-refractivity contribution < 1.29 is 9.59 Å². The summed E-state index contributed by atoms with van der Waals surface area (Å²) >= 11 is 0. The first-order valence-electron chi connectivity index (χ1n) is 12.6. The van der Waals surface area contributed by atoms with Gasteiger partial charge in [0.1, 0.15) is 5.82 Å². The van der Waals surface area contributed by atoms with E-state index >= 15 is 0 Å². The third-order valence-electron chi connectivity index (χ3n) is 6.69. The van der Waals surface area contributed by atoms with Gasteiger partial charge in [0.2, 0.25) is 5.91 Å². The number of hydrogen-bond donors (Lipinski definition) is 1. The minimum absolute atomic E-state index is 0.0286. The smallest absolute Gasteiger partial charge is 0.253 e. The Kier molecular flexibility index (Phi) is 7.14. The maximum Gasteiger partial charge on any atom is 0.253 e. The molecular weight excluding hydrogens is 462 g/mol. The van der Waals surface area contributed by atoms with Crippen molar-refractivity contribution in [3.8, 4) is 5.69 Å². The Bertz CT molecular complexity index is 1320. The van der Waals surface area contributed by atoms with E-state index < -0.39 is 0 Å². The van der Waals surface area contributed by atoms with Crippen molar-refractivity contribution in [1.82, 2.24) is 19.6 Å². The molecule has 0 aliphatic carbocycles. The summed E-state index contributed by atoms with van der Waals surface area (Å²) in [5.41, 5.74) is 4.75. The molecule has 0 atom stereocenters. The fourth-order valence-electron chi connectivity index (χ4n) is 4.96. The Hall–Kier alpha value is -4.23. The zero-order valence-electron chi connectivity index (χ0n) is 21.2. The molecule has 7 nitrogen and oxygen atoms in total. The number of aryl methyl sites for hydroxylation is 1. The number of aromatic nitrogens is 2. The number of hydrogen-bond acceptors (Lipinski definition) is 4. The second-order valence-electron chi connectivity index (χ2n) is 9.36. The molecule has 0 radical (unpaired) electrons. The zero-order valence-corrected chi connectivity index (χ0v) is 21.2. The molecule has 5 rings (SSSR count). The van der Waals surface area contributed by atoms with Gasteiger partial charge in [0.15, 0.2) is 0 Å². The first-order chi connectivity index (χ1) is 18.0. The number of carbonyl (C=O) groups excluding carboxylic acids is 2. The van der Waals surface area contributed by atoms with Gasteiger partial charge in [0.05, 0.1) is 17.4 Å². The third kappa shape index (κ3) is 5.47. The molecule has 0 bridgehead atoms. The molecule has 37 heavy (non-hydrogen) atoms. The first-order valence-corrected chi connectivity index (χ1v) is 12.6. The summed E-state index contributed by atoms with van der Waals surface area (Å²) < 4.78 is 1.68. The van der Waals surface area contributed by atoms with Crippen molar-refractivity contribution >= 4 is 17.6 Å². The topological polar surface area (TPSA) is 70.5 Å². The normalized spacial score (nSPS) is 14.1. The molecule has 0 saturated carbocycles. The van der Waals surface area contributed by atoms with Crippen molar-refractivity contribution in [2.75, 3.05) is 31.5 Å². The van der Waals surface area contributed by atoms with Crippen LogP contribution in [0, 0.1) is 6.92 Å². The summed E-state index contributed by atoms with van der Waals surface area (Å²) in [7, 11) is 0. The van der Waals surface area contributed by atoms with Gasteiger partial charge in [-0.15, -0.1) is 0 Å². The molecule has 3 aromatic carbocycles. The molecule has 1 saturated heterocycles. The Morgan fingerprint density at radius 1 is 0.811 bits per heavy atom. The molecule has 1 aromatic heterocycles. The van der Waals surface area contributed by atoms with E-state index in [0.717, 1.165) is 24.5 Å². The van der Waals surface area contributed by atoms with E-state index in [2.05, 4.69) is 63.8 Å². The summed E-state index contributed by atoms with van der Waals surface area (Å²) in [4.78, 5) is 29.2. The van der Waals surface area contributed by atoms with Crippen LogP contribution in [0.1, 0.15) is 40.1 Å². The van der Waals surface area contributed by atoms with E-state index in [9.17, 15) is 9.59 Å². The standard InChI is InChI=1S/C30H31N5O2/c1-22-21-28(31-23(2)36)35(32-22)27-15-13-26(14-16-27)30(37)34-19-17-33(18-20-34)29(24-9-5-3-6-10-24)25-11-7-4-8-12-25/h3-16,21,29H,17-20H2,1-2H3,(H,31,36). The lowest BCUT2D eigenvalue weighted by Gasteiger charge is -2.39. The molecule has 4 aromatic rings. The van der Waals surface area contributed by atoms with E-state index in [1.54, 1.807) is 4.68 Å². The fraction of sp³-hybridized carbons (Fsp3) is 0.233. The van der Waals surface area contributed by atoms with Gasteiger partial charge in [-0.1, -0.05) is 60.7 Å². The van der Waals surface area contributed by atoms with E-state index in [0.29, 0.717) is 24.5 Å². The van der Waals surface area contributed by atoms with Crippen LogP contribution in [0.2, 0.25) is 0 Å². The lowest BCUT2D eigenvalue weighted by molar-refractivity contribution is -0.114. The molecule has 1 N–H and O–H groups in total. The highest BCUT2D eigenvalue weighted by molar-refractivity contribution is 5.94. The number of carbonyl (C=O) groups is 2. The van der Waals surface area contributed by atoms with Crippen LogP contribution in [-0.4, -0.2) is 57.6 Å². The maximum atomic E-state index is 13.3. The summed E-state index contributed by atoms with van der Waals surface area (Å²) in [6.45, 7) is 6.27. The molecule has 1 fully saturated rings. The van der Waals surface area contributed by atoms with Gasteiger partial charge in [-0.2, -0.15) is 5.10 Å². The highest BCUT2D eigenvalue weighted by Gasteiger charge is 2.28. The molecule has 1 aliphatic heterocycles. The number of piperazine rings is 1. The zero-order chi connectivity index (χ0) is 25.8. The minimum atomic E-state index is -0.158. The fourth-order valence-corrected chi connectivity index (χ4v) is 4.96. The quantitative estimate of drug-likeness (QED) is 0.423. The predicted molar refractivity (Wildman–Crippen MR) is 145 cm³/mol. The van der Waals surface area contributed by atoms with Crippen LogP contribution in [0.25, 0.3) is 5.69 Å². The van der Waals surface area contributed by atoms with Crippen LogP contribution in [0.15, 0.2) is 91.0 Å². The van der Waals surface area contributed by atoms with Crippen LogP contribution < -0.4 is 5.32 Å². The summed E-state index contributed by atoms with van der Waals surface area (Å²) in [6, 6.07) is 30.5. The number of anilines is 1. The second kappa shape index (κ2) is 10.8. The van der Waals surface area contributed by atoms with Crippen molar-refractivity contribution in [2.24, 2.45) is 0 Å². The average Bonchev–Trinajstić information content (AvgIpc) is 3.29. The SMILES string of the molecule is CC(=O)Nc1cc(C)nn1-c1ccc(C(=O)N2CCN(C(c3ccccc3)c3ccccc3)CC2)cc1. The van der Waals surface area contributed by atoms with Gasteiger partial charge in [-0.05, 0) is 42.3 Å². The van der Waals surface area contributed by atoms with Crippen LogP contribution in [0.4, 0.5) is 5.82 Å². The predicted octanol–water partition coefficient (Wildman–Crippen LogP) is 4.69. The van der Waals surface area contributed by atoms with E-state index in [1.807, 2.05) is 54.3 Å². The monoisotopic (exact) mass is 493 g/mol. The largest absolute Gasteiger partial charge is 0.336 e. The van der Waals surface area contributed by atoms with Crippen LogP contribution in [0.3, 0.4) is 0 Å². The highest BCUT2D eigenvalue weighted by Crippen LogP contribution is 2.29. The maximum absolute atomic E-state index is 13.3. The van der Waals surface area contributed by atoms with Crippen molar-refractivity contribution in [2.45, 2.75) is 19.9 Å². The van der Waals surface area contributed by atoms with Crippen molar-refractivity contribution in [3.05, 3.63) is 113 Å². The molecule has 7 heteroatoms. The third-order valence-corrected chi connectivity index (χ3v) is 6.69. The van der Waals surface area contributed by atoms with Gasteiger partial charge >= 0.3 is 0 Å². The molecule has 0 spiro atoms. The van der Waals surface area contributed by atoms with Crippen molar-refractivity contribution in [3.63, 3.8) is 0 Å². The van der Waals surface area contributed by atoms with Crippen molar-refractivity contribution in [1.29, 1.82) is 0 Å². The number of nitrogens with zero attached hydrogens (tertiary/aromatic N) is 4. The number of nitrogens with one attached hydrogen (secondary N) is 1. The number of benzene rings is 3. The molecule has 1 aliphatic rings. The lowest BCUT2D eigenvalue weighted by atomic mass is 9.96. The first kappa shape index (κ1) is 24.5. The van der Waals surface area contributed by atoms with Gasteiger partial charge < -0.3 is 10.2 Å². The highest BCUT2D eigenvalue weighted by atomic mass is 16.2. The Balaban J connectivity index is 1.28. The molecule has 188 valence electrons. The van der Waals surface area contributed by atoms with Crippen LogP contribution in [-0.2, 0) is 4.79 Å². The molecular formula is C30H31N5O2. The van der Waals surface area contributed by atoms with Crippen LogP contribution in [0.5, 0.6) is 0 Å². The summed E-state index contributed by atoms with van der Waals surface area (Å²) in [6.07, 6.45) is 0. The summed E-state index contributed by atoms with van der Waals surface area (Å²) in [5.74, 6) is 0.473. The Labute approximate surface area is 217 Å². The second-order valence-corrected chi connectivity index (χ2v) is 9.36. The number of rotatable bonds is 6. The van der Waals surface area contributed by atoms with E-state index in [4.69, 9.17) is 0 Å². The van der Waals surface area contributed by atoms with Gasteiger partial charge in [-0.3, -0.25) is 14.5 Å². The average molecular weight is 494 g/mol. The van der Waals surface area contributed by atoms with E-state index in [-0.39, 0.29) is 17.9 Å². The van der Waals surface area contributed by atoms with Gasteiger partial charge in [-0.25, -0.2) is 4.68 Å². The molecule has 0 unspecified atom stereocenters. The Morgan fingerprint density at radius 2 is 1.38 bits per heavy atom. The molecule has 2 heterocycles. The van der Waals surface area contributed by atoms with Gasteiger partial charge in [0.25, 0.3) is 5.91 Å². The van der Waals surface area contributed by atoms with Crippen LogP contribution >= 0.6 is 0 Å². The lowest BCUT2D eigenvalue weighted by Crippen LogP contribution is -2.49. The minimum Gasteiger partial charge on any atom is -0.336 e. The van der Waals surface area contributed by atoms with E-state index in [1.165, 1.54) is 18.1 Å². The number of amides is 2. The molecule has 2 amide bonds.